The fraction of sp³-hybridized carbons (Fsp3) is 0.0625. The zero-order chi connectivity index (χ0) is 15.0. The van der Waals surface area contributed by atoms with E-state index in [1.165, 1.54) is 11.3 Å². The van der Waals surface area contributed by atoms with E-state index in [0.29, 0.717) is 15.6 Å². The molecule has 106 valence electrons. The Morgan fingerprint density at radius 3 is 2.71 bits per heavy atom. The van der Waals surface area contributed by atoms with E-state index in [4.69, 9.17) is 11.6 Å². The lowest BCUT2D eigenvalue weighted by Crippen LogP contribution is -2.10. The zero-order valence-electron chi connectivity index (χ0n) is 11.1. The molecular weight excluding hydrogens is 370 g/mol. The van der Waals surface area contributed by atoms with Crippen LogP contribution in [0.1, 0.15) is 15.2 Å². The number of hydrogen-bond acceptors (Lipinski definition) is 2. The Kier molecular flexibility index (Phi) is 4.02. The van der Waals surface area contributed by atoms with Crippen LogP contribution in [0.3, 0.4) is 0 Å². The van der Waals surface area contributed by atoms with Crippen molar-refractivity contribution in [1.29, 1.82) is 0 Å². The molecule has 1 aromatic heterocycles. The third-order valence-corrected chi connectivity index (χ3v) is 5.83. The summed E-state index contributed by atoms with van der Waals surface area (Å²) >= 11 is 11.1. The molecule has 0 unspecified atom stereocenters. The summed E-state index contributed by atoms with van der Waals surface area (Å²) in [4.78, 5) is 13.1. The van der Waals surface area contributed by atoms with Crippen LogP contribution in [-0.4, -0.2) is 5.91 Å². The van der Waals surface area contributed by atoms with Crippen LogP contribution in [0.4, 0.5) is 5.69 Å². The van der Waals surface area contributed by atoms with E-state index in [1.54, 1.807) is 6.07 Å². The second kappa shape index (κ2) is 5.79. The number of hydrogen-bond donors (Lipinski definition) is 1. The largest absolute Gasteiger partial charge is 0.321 e. The minimum absolute atomic E-state index is 0.136. The number of anilines is 1. The summed E-state index contributed by atoms with van der Waals surface area (Å²) < 4.78 is 1.91. The van der Waals surface area contributed by atoms with Crippen molar-refractivity contribution < 1.29 is 4.79 Å². The van der Waals surface area contributed by atoms with Gasteiger partial charge in [-0.15, -0.1) is 11.3 Å². The number of rotatable bonds is 2. The Morgan fingerprint density at radius 1 is 1.24 bits per heavy atom. The van der Waals surface area contributed by atoms with E-state index < -0.39 is 0 Å². The van der Waals surface area contributed by atoms with Gasteiger partial charge < -0.3 is 5.32 Å². The van der Waals surface area contributed by atoms with Crippen molar-refractivity contribution in [2.24, 2.45) is 0 Å². The Balaban J connectivity index is 1.93. The van der Waals surface area contributed by atoms with Gasteiger partial charge in [0, 0.05) is 25.3 Å². The van der Waals surface area contributed by atoms with Crippen LogP contribution in [0, 0.1) is 6.92 Å². The fourth-order valence-corrected chi connectivity index (χ4v) is 4.09. The fourth-order valence-electron chi connectivity index (χ4n) is 2.02. The van der Waals surface area contributed by atoms with Crippen molar-refractivity contribution in [3.8, 4) is 0 Å². The van der Waals surface area contributed by atoms with Gasteiger partial charge in [0.25, 0.3) is 5.91 Å². The van der Waals surface area contributed by atoms with Gasteiger partial charge in [0.15, 0.2) is 0 Å². The summed E-state index contributed by atoms with van der Waals surface area (Å²) in [6.45, 7) is 1.93. The van der Waals surface area contributed by atoms with Crippen LogP contribution in [0.2, 0.25) is 5.02 Å². The Bertz CT molecular complexity index is 843. The van der Waals surface area contributed by atoms with Crippen molar-refractivity contribution in [3.63, 3.8) is 0 Å². The number of carbonyl (C=O) groups excluding carboxylic acids is 1. The van der Waals surface area contributed by atoms with E-state index in [-0.39, 0.29) is 5.91 Å². The lowest BCUT2D eigenvalue weighted by Gasteiger charge is -2.06. The number of amides is 1. The first kappa shape index (κ1) is 14.6. The summed E-state index contributed by atoms with van der Waals surface area (Å²) in [7, 11) is 0. The first-order chi connectivity index (χ1) is 10.1. The molecule has 2 aromatic carbocycles. The predicted octanol–water partition coefficient (Wildman–Crippen LogP) is 5.88. The number of nitrogens with one attached hydrogen (secondary N) is 1. The minimum Gasteiger partial charge on any atom is -0.321 e. The van der Waals surface area contributed by atoms with Gasteiger partial charge in [-0.25, -0.2) is 0 Å². The molecule has 1 heterocycles. The minimum atomic E-state index is -0.136. The molecular formula is C16H11BrClNOS. The molecule has 3 aromatic rings. The predicted molar refractivity (Wildman–Crippen MR) is 93.7 cm³/mol. The topological polar surface area (TPSA) is 29.1 Å². The zero-order valence-corrected chi connectivity index (χ0v) is 14.3. The number of aryl methyl sites for hydroxylation is 1. The normalized spacial score (nSPS) is 10.8. The molecule has 2 nitrogen and oxygen atoms in total. The molecule has 1 N–H and O–H groups in total. The smallest absolute Gasteiger partial charge is 0.266 e. The van der Waals surface area contributed by atoms with Crippen LogP contribution in [0.5, 0.6) is 0 Å². The summed E-state index contributed by atoms with van der Waals surface area (Å²) in [5, 5.41) is 4.58. The standard InChI is InChI=1S/C16H11BrClNOS/c1-9-6-7-10(8-12(9)18)19-16(20)15-14(17)11-4-2-3-5-13(11)21-15/h2-8H,1H3,(H,19,20). The van der Waals surface area contributed by atoms with Crippen LogP contribution >= 0.6 is 38.9 Å². The number of benzene rings is 2. The quantitative estimate of drug-likeness (QED) is 0.591. The maximum absolute atomic E-state index is 12.4. The average Bonchev–Trinajstić information content (AvgIpc) is 2.81. The van der Waals surface area contributed by atoms with E-state index in [9.17, 15) is 4.79 Å². The highest BCUT2D eigenvalue weighted by molar-refractivity contribution is 9.10. The SMILES string of the molecule is Cc1ccc(NC(=O)c2sc3ccccc3c2Br)cc1Cl. The molecule has 0 aliphatic heterocycles. The first-order valence-corrected chi connectivity index (χ1v) is 8.29. The van der Waals surface area contributed by atoms with Gasteiger partial charge >= 0.3 is 0 Å². The molecule has 0 radical (unpaired) electrons. The van der Waals surface area contributed by atoms with Gasteiger partial charge in [0.1, 0.15) is 4.88 Å². The lowest BCUT2D eigenvalue weighted by atomic mass is 10.2. The molecule has 5 heteroatoms. The molecule has 0 atom stereocenters. The molecule has 0 bridgehead atoms. The van der Waals surface area contributed by atoms with E-state index in [1.807, 2.05) is 43.3 Å². The number of halogens is 2. The van der Waals surface area contributed by atoms with Crippen LogP contribution in [0.25, 0.3) is 10.1 Å². The summed E-state index contributed by atoms with van der Waals surface area (Å²) in [6, 6.07) is 13.4. The molecule has 0 spiro atoms. The molecule has 21 heavy (non-hydrogen) atoms. The summed E-state index contributed by atoms with van der Waals surface area (Å²) in [5.41, 5.74) is 1.68. The van der Waals surface area contributed by atoms with E-state index >= 15 is 0 Å². The van der Waals surface area contributed by atoms with Gasteiger partial charge in [-0.2, -0.15) is 0 Å². The maximum Gasteiger partial charge on any atom is 0.266 e. The third-order valence-electron chi connectivity index (χ3n) is 3.17. The monoisotopic (exact) mass is 379 g/mol. The Morgan fingerprint density at radius 2 is 2.00 bits per heavy atom. The van der Waals surface area contributed by atoms with Gasteiger partial charge in [0.05, 0.1) is 0 Å². The highest BCUT2D eigenvalue weighted by Crippen LogP contribution is 2.35. The summed E-state index contributed by atoms with van der Waals surface area (Å²) in [6.07, 6.45) is 0. The van der Waals surface area contributed by atoms with Crippen molar-refractivity contribution in [2.75, 3.05) is 5.32 Å². The van der Waals surface area contributed by atoms with Gasteiger partial charge in [0.2, 0.25) is 0 Å². The molecule has 1 amide bonds. The Labute approximate surface area is 139 Å². The second-order valence-electron chi connectivity index (χ2n) is 4.66. The highest BCUT2D eigenvalue weighted by atomic mass is 79.9. The van der Waals surface area contributed by atoms with Crippen molar-refractivity contribution >= 4 is 60.5 Å². The molecule has 0 saturated carbocycles. The molecule has 0 aliphatic rings. The van der Waals surface area contributed by atoms with Crippen LogP contribution in [0.15, 0.2) is 46.9 Å². The third kappa shape index (κ3) is 2.84. The highest BCUT2D eigenvalue weighted by Gasteiger charge is 2.16. The lowest BCUT2D eigenvalue weighted by molar-refractivity contribution is 0.103. The average molecular weight is 381 g/mol. The number of thiophene rings is 1. The van der Waals surface area contributed by atoms with Gasteiger partial charge in [-0.1, -0.05) is 35.9 Å². The van der Waals surface area contributed by atoms with Crippen molar-refractivity contribution in [1.82, 2.24) is 0 Å². The van der Waals surface area contributed by atoms with Gasteiger partial charge in [-0.05, 0) is 46.6 Å². The van der Waals surface area contributed by atoms with Crippen LogP contribution in [-0.2, 0) is 0 Å². The Hall–Kier alpha value is -1.36. The molecule has 0 saturated heterocycles. The van der Waals surface area contributed by atoms with Crippen LogP contribution < -0.4 is 5.32 Å². The van der Waals surface area contributed by atoms with Crippen molar-refractivity contribution in [3.05, 3.63) is 62.4 Å². The second-order valence-corrected chi connectivity index (χ2v) is 6.91. The summed E-state index contributed by atoms with van der Waals surface area (Å²) in [5.74, 6) is -0.136. The van der Waals surface area contributed by atoms with E-state index in [2.05, 4.69) is 21.2 Å². The molecule has 0 fully saturated rings. The number of carbonyl (C=O) groups is 1. The molecule has 0 aliphatic carbocycles. The number of fused-ring (bicyclic) bond motifs is 1. The van der Waals surface area contributed by atoms with Gasteiger partial charge in [-0.3, -0.25) is 4.79 Å². The first-order valence-electron chi connectivity index (χ1n) is 6.31. The van der Waals surface area contributed by atoms with E-state index in [0.717, 1.165) is 20.1 Å². The molecule has 3 rings (SSSR count). The van der Waals surface area contributed by atoms with Crippen molar-refractivity contribution in [2.45, 2.75) is 6.92 Å². The maximum atomic E-state index is 12.4.